The molecule has 1 aliphatic rings. The fourth-order valence-corrected chi connectivity index (χ4v) is 2.75. The first kappa shape index (κ1) is 13.2. The number of benzene rings is 1. The van der Waals surface area contributed by atoms with Gasteiger partial charge >= 0.3 is 0 Å². The molecule has 2 unspecified atom stereocenters. The second-order valence-corrected chi connectivity index (χ2v) is 5.00. The Morgan fingerprint density at radius 1 is 1.28 bits per heavy atom. The summed E-state index contributed by atoms with van der Waals surface area (Å²) in [5.41, 5.74) is 1.28. The lowest BCUT2D eigenvalue weighted by Gasteiger charge is -2.29. The van der Waals surface area contributed by atoms with Crippen LogP contribution in [-0.2, 0) is 0 Å². The summed E-state index contributed by atoms with van der Waals surface area (Å²) < 4.78 is 10.7. The highest BCUT2D eigenvalue weighted by atomic mass is 16.5. The van der Waals surface area contributed by atoms with E-state index in [1.807, 2.05) is 12.1 Å². The van der Waals surface area contributed by atoms with Crippen LogP contribution in [0.2, 0.25) is 0 Å². The van der Waals surface area contributed by atoms with E-state index < -0.39 is 0 Å². The molecule has 0 amide bonds. The minimum atomic E-state index is 0.513. The Morgan fingerprint density at radius 2 is 2.11 bits per heavy atom. The van der Waals surface area contributed by atoms with E-state index in [1.54, 1.807) is 14.2 Å². The lowest BCUT2D eigenvalue weighted by molar-refractivity contribution is 0.324. The Morgan fingerprint density at radius 3 is 2.72 bits per heavy atom. The summed E-state index contributed by atoms with van der Waals surface area (Å²) in [6, 6.07) is 6.13. The molecule has 0 radical (unpaired) electrons. The Kier molecular flexibility index (Phi) is 4.48. The SMILES string of the molecule is COc1ccc(C(C)C2CCCNC2)c(OC)c1. The lowest BCUT2D eigenvalue weighted by Crippen LogP contribution is -2.32. The van der Waals surface area contributed by atoms with Crippen LogP contribution in [0.3, 0.4) is 0 Å². The van der Waals surface area contributed by atoms with Gasteiger partial charge in [-0.25, -0.2) is 0 Å². The van der Waals surface area contributed by atoms with Crippen molar-refractivity contribution < 1.29 is 9.47 Å². The molecule has 0 saturated carbocycles. The zero-order valence-corrected chi connectivity index (χ0v) is 11.5. The van der Waals surface area contributed by atoms with Gasteiger partial charge < -0.3 is 14.8 Å². The zero-order chi connectivity index (χ0) is 13.0. The van der Waals surface area contributed by atoms with Crippen LogP contribution in [0.25, 0.3) is 0 Å². The van der Waals surface area contributed by atoms with E-state index in [-0.39, 0.29) is 0 Å². The molecule has 1 saturated heterocycles. The van der Waals surface area contributed by atoms with Gasteiger partial charge in [0.15, 0.2) is 0 Å². The largest absolute Gasteiger partial charge is 0.497 e. The van der Waals surface area contributed by atoms with E-state index in [1.165, 1.54) is 18.4 Å². The number of methoxy groups -OCH3 is 2. The predicted molar refractivity (Wildman–Crippen MR) is 73.6 cm³/mol. The first-order valence-corrected chi connectivity index (χ1v) is 6.69. The second-order valence-electron chi connectivity index (χ2n) is 5.00. The van der Waals surface area contributed by atoms with Crippen LogP contribution >= 0.6 is 0 Å². The van der Waals surface area contributed by atoms with Crippen molar-refractivity contribution in [2.75, 3.05) is 27.3 Å². The average molecular weight is 249 g/mol. The molecule has 2 atom stereocenters. The van der Waals surface area contributed by atoms with E-state index in [0.29, 0.717) is 11.8 Å². The maximum atomic E-state index is 5.50. The summed E-state index contributed by atoms with van der Waals surface area (Å²) >= 11 is 0. The summed E-state index contributed by atoms with van der Waals surface area (Å²) in [5.74, 6) is 3.00. The lowest BCUT2D eigenvalue weighted by atomic mass is 9.82. The summed E-state index contributed by atoms with van der Waals surface area (Å²) in [4.78, 5) is 0. The molecule has 0 aromatic heterocycles. The average Bonchev–Trinajstić information content (AvgIpc) is 2.46. The first-order valence-electron chi connectivity index (χ1n) is 6.69. The van der Waals surface area contributed by atoms with Crippen LogP contribution < -0.4 is 14.8 Å². The van der Waals surface area contributed by atoms with Crippen molar-refractivity contribution >= 4 is 0 Å². The van der Waals surface area contributed by atoms with Gasteiger partial charge in [-0.05, 0) is 49.4 Å². The molecule has 1 heterocycles. The van der Waals surface area contributed by atoms with Gasteiger partial charge in [0.2, 0.25) is 0 Å². The molecule has 1 aliphatic heterocycles. The fraction of sp³-hybridized carbons (Fsp3) is 0.600. The standard InChI is InChI=1S/C15H23NO2/c1-11(12-5-4-8-16-10-12)14-7-6-13(17-2)9-15(14)18-3/h6-7,9,11-12,16H,4-5,8,10H2,1-3H3. The number of hydrogen-bond donors (Lipinski definition) is 1. The molecule has 2 rings (SSSR count). The van der Waals surface area contributed by atoms with Gasteiger partial charge in [0.1, 0.15) is 11.5 Å². The molecule has 0 spiro atoms. The van der Waals surface area contributed by atoms with Crippen molar-refractivity contribution in [1.29, 1.82) is 0 Å². The van der Waals surface area contributed by atoms with Gasteiger partial charge in [-0.1, -0.05) is 13.0 Å². The van der Waals surface area contributed by atoms with Gasteiger partial charge in [0, 0.05) is 6.07 Å². The summed E-state index contributed by atoms with van der Waals surface area (Å²) in [6.07, 6.45) is 2.57. The normalized spacial score (nSPS) is 21.4. The summed E-state index contributed by atoms with van der Waals surface area (Å²) in [6.45, 7) is 4.56. The van der Waals surface area contributed by atoms with E-state index in [9.17, 15) is 0 Å². The number of piperidine rings is 1. The van der Waals surface area contributed by atoms with E-state index in [4.69, 9.17) is 9.47 Å². The Hall–Kier alpha value is -1.22. The topological polar surface area (TPSA) is 30.5 Å². The molecule has 100 valence electrons. The fourth-order valence-electron chi connectivity index (χ4n) is 2.75. The van der Waals surface area contributed by atoms with E-state index >= 15 is 0 Å². The molecule has 3 heteroatoms. The van der Waals surface area contributed by atoms with Crippen LogP contribution in [0, 0.1) is 5.92 Å². The maximum Gasteiger partial charge on any atom is 0.126 e. The van der Waals surface area contributed by atoms with Crippen molar-refractivity contribution in [2.45, 2.75) is 25.7 Å². The van der Waals surface area contributed by atoms with Crippen molar-refractivity contribution in [1.82, 2.24) is 5.32 Å². The van der Waals surface area contributed by atoms with E-state index in [2.05, 4.69) is 18.3 Å². The molecule has 1 N–H and O–H groups in total. The third-order valence-electron chi connectivity index (χ3n) is 3.97. The molecule has 1 aromatic carbocycles. The highest BCUT2D eigenvalue weighted by Crippen LogP contribution is 2.36. The van der Waals surface area contributed by atoms with Crippen LogP contribution in [0.5, 0.6) is 11.5 Å². The monoisotopic (exact) mass is 249 g/mol. The van der Waals surface area contributed by atoms with Crippen molar-refractivity contribution in [3.05, 3.63) is 23.8 Å². The number of rotatable bonds is 4. The number of ether oxygens (including phenoxy) is 2. The molecule has 0 aliphatic carbocycles. The van der Waals surface area contributed by atoms with Gasteiger partial charge in [-0.3, -0.25) is 0 Å². The Bertz CT molecular complexity index is 386. The van der Waals surface area contributed by atoms with Crippen LogP contribution in [0.4, 0.5) is 0 Å². The second kappa shape index (κ2) is 6.10. The number of nitrogens with one attached hydrogen (secondary N) is 1. The molecular formula is C15H23NO2. The van der Waals surface area contributed by atoms with Crippen molar-refractivity contribution in [2.24, 2.45) is 5.92 Å². The summed E-state index contributed by atoms with van der Waals surface area (Å²) in [7, 11) is 3.41. The highest BCUT2D eigenvalue weighted by Gasteiger charge is 2.23. The third-order valence-corrected chi connectivity index (χ3v) is 3.97. The zero-order valence-electron chi connectivity index (χ0n) is 11.5. The van der Waals surface area contributed by atoms with Crippen molar-refractivity contribution in [3.63, 3.8) is 0 Å². The molecule has 3 nitrogen and oxygen atoms in total. The van der Waals surface area contributed by atoms with Crippen LogP contribution in [0.1, 0.15) is 31.2 Å². The first-order chi connectivity index (χ1) is 8.76. The maximum absolute atomic E-state index is 5.50. The van der Waals surface area contributed by atoms with Gasteiger partial charge in [0.05, 0.1) is 14.2 Å². The Balaban J connectivity index is 2.20. The van der Waals surface area contributed by atoms with Crippen LogP contribution in [0.15, 0.2) is 18.2 Å². The van der Waals surface area contributed by atoms with E-state index in [0.717, 1.165) is 24.6 Å². The molecule has 1 aromatic rings. The third kappa shape index (κ3) is 2.78. The molecular weight excluding hydrogens is 226 g/mol. The highest BCUT2D eigenvalue weighted by molar-refractivity contribution is 5.42. The van der Waals surface area contributed by atoms with Gasteiger partial charge in [-0.15, -0.1) is 0 Å². The minimum absolute atomic E-state index is 0.513. The molecule has 0 bridgehead atoms. The Labute approximate surface area is 109 Å². The smallest absolute Gasteiger partial charge is 0.126 e. The summed E-state index contributed by atoms with van der Waals surface area (Å²) in [5, 5.41) is 3.48. The number of hydrogen-bond acceptors (Lipinski definition) is 3. The van der Waals surface area contributed by atoms with Crippen molar-refractivity contribution in [3.8, 4) is 11.5 Å². The van der Waals surface area contributed by atoms with Gasteiger partial charge in [-0.2, -0.15) is 0 Å². The quantitative estimate of drug-likeness (QED) is 0.890. The van der Waals surface area contributed by atoms with Gasteiger partial charge in [0.25, 0.3) is 0 Å². The molecule has 1 fully saturated rings. The predicted octanol–water partition coefficient (Wildman–Crippen LogP) is 2.81. The molecule has 18 heavy (non-hydrogen) atoms. The minimum Gasteiger partial charge on any atom is -0.497 e. The van der Waals surface area contributed by atoms with Crippen LogP contribution in [-0.4, -0.2) is 27.3 Å².